The van der Waals surface area contributed by atoms with Crippen molar-refractivity contribution in [2.45, 2.75) is 39.3 Å². The highest BCUT2D eigenvalue weighted by molar-refractivity contribution is 5.79. The van der Waals surface area contributed by atoms with Gasteiger partial charge in [-0.2, -0.15) is 0 Å². The van der Waals surface area contributed by atoms with Crippen molar-refractivity contribution in [1.82, 2.24) is 0 Å². The molecule has 0 saturated carbocycles. The first-order valence-corrected chi connectivity index (χ1v) is 8.51. The third-order valence-corrected chi connectivity index (χ3v) is 3.25. The van der Waals surface area contributed by atoms with Gasteiger partial charge in [0, 0.05) is 19.3 Å². The fraction of sp³-hybridized carbons (Fsp3) is 0.526. The number of carboxylic acids is 1. The number of hydrogen-bond donors (Lipinski definition) is 1. The lowest BCUT2D eigenvalue weighted by Gasteiger charge is -2.21. The number of rotatable bonds is 14. The Morgan fingerprint density at radius 3 is 2.36 bits per heavy atom. The molecule has 0 fully saturated rings. The Morgan fingerprint density at radius 2 is 1.76 bits per heavy atom. The van der Waals surface area contributed by atoms with Gasteiger partial charge >= 0.3 is 5.97 Å². The lowest BCUT2D eigenvalue weighted by atomic mass is 10.2. The number of carboxylic acid groups (broad SMARTS) is 1. The number of hydrogen-bond acceptors (Lipinski definition) is 5. The fourth-order valence-corrected chi connectivity index (χ4v) is 2.12. The Labute approximate surface area is 149 Å². The molecule has 1 atom stereocenters. The monoisotopic (exact) mass is 352 g/mol. The summed E-state index contributed by atoms with van der Waals surface area (Å²) < 4.78 is 22.4. The molecule has 0 heterocycles. The van der Waals surface area contributed by atoms with E-state index in [1.165, 1.54) is 0 Å². The summed E-state index contributed by atoms with van der Waals surface area (Å²) in [5, 5.41) is 8.71. The second kappa shape index (κ2) is 13.5. The molecule has 0 radical (unpaired) electrons. The maximum absolute atomic E-state index is 10.6. The van der Waals surface area contributed by atoms with Crippen LogP contribution in [0.25, 0.3) is 0 Å². The predicted octanol–water partition coefficient (Wildman–Crippen LogP) is 3.02. The van der Waals surface area contributed by atoms with E-state index in [2.05, 4.69) is 0 Å². The Balaban J connectivity index is 2.47. The summed E-state index contributed by atoms with van der Waals surface area (Å²) in [5.41, 5.74) is 1.07. The highest BCUT2D eigenvalue weighted by atomic mass is 16.7. The lowest BCUT2D eigenvalue weighted by molar-refractivity contribution is -0.180. The minimum absolute atomic E-state index is 0.266. The lowest BCUT2D eigenvalue weighted by Crippen LogP contribution is -2.29. The van der Waals surface area contributed by atoms with E-state index >= 15 is 0 Å². The molecule has 6 nitrogen and oxygen atoms in total. The summed E-state index contributed by atoms with van der Waals surface area (Å²) in [6.07, 6.45) is 2.40. The molecule has 1 N–H and O–H groups in total. The molecule has 0 aromatic heterocycles. The average Bonchev–Trinajstić information content (AvgIpc) is 2.60. The van der Waals surface area contributed by atoms with Gasteiger partial charge in [-0.1, -0.05) is 36.4 Å². The smallest absolute Gasteiger partial charge is 0.327 e. The van der Waals surface area contributed by atoms with Crippen LogP contribution < -0.4 is 0 Å². The molecule has 0 unspecified atom stereocenters. The van der Waals surface area contributed by atoms with Gasteiger partial charge < -0.3 is 24.1 Å². The minimum Gasteiger partial charge on any atom is -0.478 e. The largest absolute Gasteiger partial charge is 0.478 e. The second-order valence-electron chi connectivity index (χ2n) is 5.27. The zero-order chi connectivity index (χ0) is 18.3. The van der Waals surface area contributed by atoms with Crippen LogP contribution in [0.3, 0.4) is 0 Å². The van der Waals surface area contributed by atoms with Gasteiger partial charge in [-0.3, -0.25) is 0 Å². The van der Waals surface area contributed by atoms with Crippen LogP contribution >= 0.6 is 0 Å². The summed E-state index contributed by atoms with van der Waals surface area (Å²) in [4.78, 5) is 10.6. The predicted molar refractivity (Wildman–Crippen MR) is 94.3 cm³/mol. The molecule has 1 aromatic rings. The Bertz CT molecular complexity index is 482. The molecule has 1 aromatic carbocycles. The van der Waals surface area contributed by atoms with Crippen molar-refractivity contribution in [2.24, 2.45) is 0 Å². The number of benzene rings is 1. The molecule has 25 heavy (non-hydrogen) atoms. The van der Waals surface area contributed by atoms with E-state index < -0.39 is 12.3 Å². The van der Waals surface area contributed by atoms with Gasteiger partial charge in [-0.25, -0.2) is 4.79 Å². The summed E-state index contributed by atoms with van der Waals surface area (Å²) in [6.45, 7) is 5.93. The van der Waals surface area contributed by atoms with Crippen molar-refractivity contribution in [3.05, 3.63) is 48.0 Å². The third kappa shape index (κ3) is 10.7. The van der Waals surface area contributed by atoms with E-state index in [1.54, 1.807) is 6.08 Å². The van der Waals surface area contributed by atoms with Gasteiger partial charge in [0.25, 0.3) is 0 Å². The quantitative estimate of drug-likeness (QED) is 0.410. The molecular weight excluding hydrogens is 324 g/mol. The van der Waals surface area contributed by atoms with Crippen LogP contribution in [0.4, 0.5) is 0 Å². The van der Waals surface area contributed by atoms with Crippen molar-refractivity contribution < 1.29 is 28.8 Å². The summed E-state index contributed by atoms with van der Waals surface area (Å²) in [7, 11) is 0. The highest BCUT2D eigenvalue weighted by Gasteiger charge is 2.14. The van der Waals surface area contributed by atoms with Crippen LogP contribution in [0.15, 0.2) is 42.5 Å². The van der Waals surface area contributed by atoms with Crippen molar-refractivity contribution in [2.75, 3.05) is 26.4 Å². The molecule has 0 amide bonds. The van der Waals surface area contributed by atoms with Crippen LogP contribution in [-0.4, -0.2) is 49.9 Å². The summed E-state index contributed by atoms with van der Waals surface area (Å²) in [6, 6.07) is 9.84. The second-order valence-corrected chi connectivity index (χ2v) is 5.27. The number of carbonyl (C=O) groups is 1. The average molecular weight is 352 g/mol. The first-order valence-electron chi connectivity index (χ1n) is 8.51. The van der Waals surface area contributed by atoms with E-state index in [9.17, 15) is 4.79 Å². The molecule has 140 valence electrons. The Morgan fingerprint density at radius 1 is 1.08 bits per heavy atom. The van der Waals surface area contributed by atoms with E-state index in [1.807, 2.05) is 44.2 Å². The Kier molecular flexibility index (Phi) is 11.6. The van der Waals surface area contributed by atoms with Gasteiger partial charge in [0.15, 0.2) is 6.29 Å². The van der Waals surface area contributed by atoms with Crippen LogP contribution in [0.1, 0.15) is 25.8 Å². The fourth-order valence-electron chi connectivity index (χ4n) is 2.12. The topological polar surface area (TPSA) is 74.2 Å². The zero-order valence-electron chi connectivity index (χ0n) is 14.9. The molecule has 6 heteroatoms. The van der Waals surface area contributed by atoms with Crippen molar-refractivity contribution in [1.29, 1.82) is 0 Å². The van der Waals surface area contributed by atoms with Crippen molar-refractivity contribution in [3.8, 4) is 0 Å². The molecular formula is C19H28O6. The number of aliphatic carboxylic acids is 1. The standard InChI is InChI=1S/C19H28O6/c1-3-23-19(24-4-2)15-25-17(11-8-12-18(20)21)14-22-13-16-9-6-5-7-10-16/h5-10,12,17,19H,3-4,11,13-15H2,1-2H3,(H,20,21)/t17-/m1/s1. The van der Waals surface area contributed by atoms with Crippen molar-refractivity contribution >= 4 is 5.97 Å². The van der Waals surface area contributed by atoms with Gasteiger partial charge in [0.2, 0.25) is 0 Å². The van der Waals surface area contributed by atoms with E-state index in [-0.39, 0.29) is 12.7 Å². The Hall–Kier alpha value is -1.73. The minimum atomic E-state index is -0.981. The number of ether oxygens (including phenoxy) is 4. The molecule has 0 bridgehead atoms. The van der Waals surface area contributed by atoms with Gasteiger partial charge in [-0.15, -0.1) is 0 Å². The van der Waals surface area contributed by atoms with Gasteiger partial charge in [-0.05, 0) is 25.8 Å². The molecule has 0 aliphatic carbocycles. The highest BCUT2D eigenvalue weighted by Crippen LogP contribution is 2.07. The van der Waals surface area contributed by atoms with Crippen LogP contribution in [-0.2, 0) is 30.3 Å². The summed E-state index contributed by atoms with van der Waals surface area (Å²) in [5.74, 6) is -0.981. The van der Waals surface area contributed by atoms with Crippen LogP contribution in [0.5, 0.6) is 0 Å². The zero-order valence-corrected chi connectivity index (χ0v) is 14.9. The van der Waals surface area contributed by atoms with E-state index in [4.69, 9.17) is 24.1 Å². The molecule has 1 rings (SSSR count). The molecule has 0 aliphatic heterocycles. The molecule has 0 saturated heterocycles. The van der Waals surface area contributed by atoms with Crippen LogP contribution in [0, 0.1) is 0 Å². The SMILES string of the molecule is CCOC(CO[C@H](CC=CC(=O)O)COCc1ccccc1)OCC. The molecule has 0 aliphatic rings. The maximum atomic E-state index is 10.6. The van der Waals surface area contributed by atoms with E-state index in [0.717, 1.165) is 11.6 Å². The summed E-state index contributed by atoms with van der Waals surface area (Å²) >= 11 is 0. The molecule has 0 spiro atoms. The van der Waals surface area contributed by atoms with E-state index in [0.29, 0.717) is 32.8 Å². The maximum Gasteiger partial charge on any atom is 0.327 e. The van der Waals surface area contributed by atoms with Crippen molar-refractivity contribution in [3.63, 3.8) is 0 Å². The van der Waals surface area contributed by atoms with Crippen LogP contribution in [0.2, 0.25) is 0 Å². The third-order valence-electron chi connectivity index (χ3n) is 3.25. The first kappa shape index (κ1) is 21.3. The normalized spacial score (nSPS) is 12.8. The van der Waals surface area contributed by atoms with Gasteiger partial charge in [0.05, 0.1) is 25.9 Å². The van der Waals surface area contributed by atoms with Gasteiger partial charge in [0.1, 0.15) is 0 Å². The first-order chi connectivity index (χ1) is 12.2.